The van der Waals surface area contributed by atoms with Gasteiger partial charge in [-0.3, -0.25) is 0 Å². The number of aliphatic hydroxyl groups is 4. The van der Waals surface area contributed by atoms with E-state index in [9.17, 15) is 0 Å². The molecule has 82 valence electrons. The van der Waals surface area contributed by atoms with Crippen LogP contribution in [0.25, 0.3) is 0 Å². The quantitative estimate of drug-likeness (QED) is 0.480. The topological polar surface area (TPSA) is 80.9 Å². The lowest BCUT2D eigenvalue weighted by Crippen LogP contribution is -2.08. The normalized spacial score (nSPS) is 10.2. The van der Waals surface area contributed by atoms with Crippen molar-refractivity contribution >= 4 is 0 Å². The molecule has 0 amide bonds. The third-order valence-electron chi connectivity index (χ3n) is 1.72. The Morgan fingerprint density at radius 1 is 0.846 bits per heavy atom. The molecule has 0 saturated heterocycles. The van der Waals surface area contributed by atoms with E-state index in [1.807, 2.05) is 6.92 Å². The minimum absolute atomic E-state index is 0.0463. The fraction of sp³-hybridized carbons (Fsp3) is 1.00. The molecule has 0 rings (SSSR count). The maximum atomic E-state index is 8.37. The van der Waals surface area contributed by atoms with Crippen molar-refractivity contribution in [2.45, 2.75) is 20.3 Å². The molecule has 0 aromatic rings. The maximum absolute atomic E-state index is 8.37. The van der Waals surface area contributed by atoms with Crippen LogP contribution in [-0.2, 0) is 0 Å². The van der Waals surface area contributed by atoms with E-state index in [4.69, 9.17) is 20.4 Å². The first-order valence-corrected chi connectivity index (χ1v) is 4.59. The Morgan fingerprint density at radius 3 is 1.23 bits per heavy atom. The molecule has 0 spiro atoms. The molecule has 4 nitrogen and oxygen atoms in total. The third-order valence-corrected chi connectivity index (χ3v) is 1.72. The summed E-state index contributed by atoms with van der Waals surface area (Å²) in [5.74, 6) is 0.144. The Bertz CT molecular complexity index is 74.2. The summed E-state index contributed by atoms with van der Waals surface area (Å²) in [6, 6.07) is 0. The number of hydrogen-bond acceptors (Lipinski definition) is 4. The van der Waals surface area contributed by atoms with Gasteiger partial charge in [0, 0.05) is 38.3 Å². The van der Waals surface area contributed by atoms with Gasteiger partial charge in [-0.05, 0) is 6.42 Å². The fourth-order valence-electron chi connectivity index (χ4n) is 0.374. The second-order valence-corrected chi connectivity index (χ2v) is 3.11. The zero-order valence-corrected chi connectivity index (χ0v) is 8.48. The summed E-state index contributed by atoms with van der Waals surface area (Å²) in [5.41, 5.74) is 0. The van der Waals surface area contributed by atoms with Gasteiger partial charge in [0.25, 0.3) is 0 Å². The van der Waals surface area contributed by atoms with Crippen LogP contribution in [-0.4, -0.2) is 46.9 Å². The molecule has 0 aliphatic rings. The highest BCUT2D eigenvalue weighted by Crippen LogP contribution is 1.96. The summed E-state index contributed by atoms with van der Waals surface area (Å²) >= 11 is 0. The van der Waals surface area contributed by atoms with Gasteiger partial charge in [0.05, 0.1) is 0 Å². The van der Waals surface area contributed by atoms with Crippen molar-refractivity contribution < 1.29 is 20.4 Å². The van der Waals surface area contributed by atoms with Crippen molar-refractivity contribution in [3.05, 3.63) is 0 Å². The van der Waals surface area contributed by atoms with Crippen LogP contribution in [0.2, 0.25) is 0 Å². The molecule has 0 unspecified atom stereocenters. The molecule has 0 fully saturated rings. The highest BCUT2D eigenvalue weighted by atomic mass is 16.3. The highest BCUT2D eigenvalue weighted by molar-refractivity contribution is 4.49. The van der Waals surface area contributed by atoms with Crippen LogP contribution in [0, 0.1) is 11.8 Å². The van der Waals surface area contributed by atoms with Crippen molar-refractivity contribution in [2.24, 2.45) is 11.8 Å². The van der Waals surface area contributed by atoms with Gasteiger partial charge in [-0.15, -0.1) is 0 Å². The first-order valence-electron chi connectivity index (χ1n) is 4.59. The van der Waals surface area contributed by atoms with Gasteiger partial charge in [-0.25, -0.2) is 0 Å². The third kappa shape index (κ3) is 11.8. The summed E-state index contributed by atoms with van der Waals surface area (Å²) in [6.07, 6.45) is 0.854. The van der Waals surface area contributed by atoms with Crippen molar-refractivity contribution in [1.82, 2.24) is 0 Å². The Hall–Kier alpha value is -0.160. The van der Waals surface area contributed by atoms with Crippen molar-refractivity contribution in [1.29, 1.82) is 0 Å². The maximum Gasteiger partial charge on any atom is 0.0481 e. The molecule has 0 atom stereocenters. The van der Waals surface area contributed by atoms with Gasteiger partial charge >= 0.3 is 0 Å². The van der Waals surface area contributed by atoms with E-state index >= 15 is 0 Å². The Balaban J connectivity index is 0. The van der Waals surface area contributed by atoms with Crippen LogP contribution in [0.3, 0.4) is 0 Å². The lowest BCUT2D eigenvalue weighted by atomic mass is 10.1. The minimum Gasteiger partial charge on any atom is -0.396 e. The molecule has 0 bridgehead atoms. The molecule has 0 aliphatic heterocycles. The van der Waals surface area contributed by atoms with Crippen molar-refractivity contribution in [3.63, 3.8) is 0 Å². The second-order valence-electron chi connectivity index (χ2n) is 3.11. The molecule has 4 N–H and O–H groups in total. The summed E-state index contributed by atoms with van der Waals surface area (Å²) < 4.78 is 0. The van der Waals surface area contributed by atoms with Crippen LogP contribution in [0.5, 0.6) is 0 Å². The van der Waals surface area contributed by atoms with E-state index in [1.165, 1.54) is 0 Å². The molecular formula is C9H22O4. The van der Waals surface area contributed by atoms with Crippen LogP contribution in [0.15, 0.2) is 0 Å². The van der Waals surface area contributed by atoms with Crippen molar-refractivity contribution in [2.75, 3.05) is 26.4 Å². The number of hydrogen-bond donors (Lipinski definition) is 4. The number of aliphatic hydroxyl groups excluding tert-OH is 4. The predicted octanol–water partition coefficient (Wildman–Crippen LogP) is -0.396. The molecule has 0 aromatic carbocycles. The summed E-state index contributed by atoms with van der Waals surface area (Å²) in [4.78, 5) is 0. The van der Waals surface area contributed by atoms with Gasteiger partial charge in [0.15, 0.2) is 0 Å². The Labute approximate surface area is 79.8 Å². The summed E-state index contributed by atoms with van der Waals surface area (Å²) in [7, 11) is 0. The fourth-order valence-corrected chi connectivity index (χ4v) is 0.374. The minimum atomic E-state index is 0.0463. The largest absolute Gasteiger partial charge is 0.396 e. The Kier molecular flexibility index (Phi) is 14.0. The summed E-state index contributed by atoms with van der Waals surface area (Å²) in [6.45, 7) is 4.09. The van der Waals surface area contributed by atoms with Crippen molar-refractivity contribution in [3.8, 4) is 0 Å². The molecule has 0 aromatic heterocycles. The van der Waals surface area contributed by atoms with E-state index < -0.39 is 0 Å². The zero-order chi connectivity index (χ0) is 10.7. The van der Waals surface area contributed by atoms with E-state index in [-0.39, 0.29) is 38.3 Å². The highest BCUT2D eigenvalue weighted by Gasteiger charge is 1.98. The molecular weight excluding hydrogens is 172 g/mol. The second kappa shape index (κ2) is 11.8. The molecule has 4 heteroatoms. The van der Waals surface area contributed by atoms with Gasteiger partial charge in [-0.1, -0.05) is 13.8 Å². The molecule has 0 aliphatic carbocycles. The number of rotatable bonds is 5. The molecule has 0 radical (unpaired) electrons. The summed E-state index contributed by atoms with van der Waals surface area (Å²) in [5, 5.41) is 33.1. The lowest BCUT2D eigenvalue weighted by Gasteiger charge is -2.03. The molecule has 0 saturated carbocycles. The monoisotopic (exact) mass is 194 g/mol. The van der Waals surface area contributed by atoms with Crippen LogP contribution in [0.4, 0.5) is 0 Å². The first-order chi connectivity index (χ1) is 6.15. The van der Waals surface area contributed by atoms with E-state index in [0.29, 0.717) is 0 Å². The van der Waals surface area contributed by atoms with E-state index in [0.717, 1.165) is 6.42 Å². The average molecular weight is 194 g/mol. The van der Waals surface area contributed by atoms with Crippen LogP contribution in [0.1, 0.15) is 20.3 Å². The van der Waals surface area contributed by atoms with Gasteiger partial charge < -0.3 is 20.4 Å². The SMILES string of the molecule is CC(CO)CO.CCC(CO)CO. The predicted molar refractivity (Wildman–Crippen MR) is 51.3 cm³/mol. The first kappa shape index (κ1) is 15.3. The van der Waals surface area contributed by atoms with Crippen LogP contribution >= 0.6 is 0 Å². The van der Waals surface area contributed by atoms with Gasteiger partial charge in [-0.2, -0.15) is 0 Å². The van der Waals surface area contributed by atoms with E-state index in [1.54, 1.807) is 6.92 Å². The van der Waals surface area contributed by atoms with E-state index in [2.05, 4.69) is 0 Å². The lowest BCUT2D eigenvalue weighted by molar-refractivity contribution is 0.147. The standard InChI is InChI=1S/C5H12O2.C4H10O2/c1-2-5(3-6)4-7;1-4(2-5)3-6/h5-7H,2-4H2,1H3;4-6H,2-3H2,1H3. The Morgan fingerprint density at radius 2 is 1.23 bits per heavy atom. The zero-order valence-electron chi connectivity index (χ0n) is 8.48. The average Bonchev–Trinajstić information content (AvgIpc) is 2.20. The molecule has 0 heterocycles. The van der Waals surface area contributed by atoms with Crippen LogP contribution < -0.4 is 0 Å². The van der Waals surface area contributed by atoms with Gasteiger partial charge in [0.1, 0.15) is 0 Å². The molecule has 13 heavy (non-hydrogen) atoms. The smallest absolute Gasteiger partial charge is 0.0481 e. The van der Waals surface area contributed by atoms with Gasteiger partial charge in [0.2, 0.25) is 0 Å².